The number of hydrogen-bond donors (Lipinski definition) is 2. The van der Waals surface area contributed by atoms with Crippen LogP contribution in [0.1, 0.15) is 34.6 Å². The highest BCUT2D eigenvalue weighted by atomic mass is 16.5. The zero-order valence-electron chi connectivity index (χ0n) is 11.2. The zero-order valence-corrected chi connectivity index (χ0v) is 11.2. The molecule has 16 heavy (non-hydrogen) atoms. The number of aliphatic hydroxyl groups is 1. The van der Waals surface area contributed by atoms with Crippen LogP contribution in [0.3, 0.4) is 0 Å². The standard InChI is InChI=1S/C12H27NO3/c1-10(2)13-11(8-14)9-15-6-7-16-12(3,4)5/h10-11,13-14H,6-9H2,1-5H3. The fraction of sp³-hybridized carbons (Fsp3) is 1.00. The van der Waals surface area contributed by atoms with E-state index in [9.17, 15) is 0 Å². The average Bonchev–Trinajstić information content (AvgIpc) is 2.13. The van der Waals surface area contributed by atoms with E-state index in [1.54, 1.807) is 0 Å². The second kappa shape index (κ2) is 8.01. The average molecular weight is 233 g/mol. The Labute approximate surface area is 99.3 Å². The lowest BCUT2D eigenvalue weighted by Crippen LogP contribution is -2.41. The summed E-state index contributed by atoms with van der Waals surface area (Å²) in [6.45, 7) is 11.9. The van der Waals surface area contributed by atoms with Crippen LogP contribution in [0.25, 0.3) is 0 Å². The normalized spacial score (nSPS) is 14.4. The number of rotatable bonds is 8. The third-order valence-corrected chi connectivity index (χ3v) is 1.87. The van der Waals surface area contributed by atoms with E-state index in [1.165, 1.54) is 0 Å². The first-order valence-corrected chi connectivity index (χ1v) is 5.93. The van der Waals surface area contributed by atoms with Gasteiger partial charge in [-0.05, 0) is 20.8 Å². The molecule has 0 aromatic heterocycles. The van der Waals surface area contributed by atoms with Crippen molar-refractivity contribution in [1.82, 2.24) is 5.32 Å². The molecule has 0 rings (SSSR count). The van der Waals surface area contributed by atoms with Crippen molar-refractivity contribution in [2.75, 3.05) is 26.4 Å². The Balaban J connectivity index is 3.48. The molecule has 1 atom stereocenters. The molecular weight excluding hydrogens is 206 g/mol. The molecule has 4 nitrogen and oxygen atoms in total. The first-order valence-electron chi connectivity index (χ1n) is 5.93. The fourth-order valence-corrected chi connectivity index (χ4v) is 1.26. The van der Waals surface area contributed by atoms with Gasteiger partial charge in [0.25, 0.3) is 0 Å². The van der Waals surface area contributed by atoms with E-state index in [0.29, 0.717) is 25.9 Å². The maximum atomic E-state index is 9.09. The molecule has 0 aliphatic carbocycles. The van der Waals surface area contributed by atoms with E-state index in [1.807, 2.05) is 34.6 Å². The smallest absolute Gasteiger partial charge is 0.0707 e. The molecule has 0 heterocycles. The number of hydrogen-bond acceptors (Lipinski definition) is 4. The molecule has 1 unspecified atom stereocenters. The van der Waals surface area contributed by atoms with Gasteiger partial charge in [-0.1, -0.05) is 13.8 Å². The van der Waals surface area contributed by atoms with Crippen LogP contribution in [0.2, 0.25) is 0 Å². The van der Waals surface area contributed by atoms with Crippen molar-refractivity contribution < 1.29 is 14.6 Å². The van der Waals surface area contributed by atoms with Crippen LogP contribution >= 0.6 is 0 Å². The quantitative estimate of drug-likeness (QED) is 0.618. The monoisotopic (exact) mass is 233 g/mol. The predicted octanol–water partition coefficient (Wildman–Crippen LogP) is 1.18. The summed E-state index contributed by atoms with van der Waals surface area (Å²) in [5.74, 6) is 0. The van der Waals surface area contributed by atoms with E-state index in [0.717, 1.165) is 0 Å². The highest BCUT2D eigenvalue weighted by Gasteiger charge is 2.11. The lowest BCUT2D eigenvalue weighted by atomic mass is 10.2. The molecule has 0 aromatic rings. The Hall–Kier alpha value is -0.160. The Morgan fingerprint density at radius 2 is 1.81 bits per heavy atom. The van der Waals surface area contributed by atoms with Gasteiger partial charge in [-0.25, -0.2) is 0 Å². The summed E-state index contributed by atoms with van der Waals surface area (Å²) < 4.78 is 11.0. The minimum Gasteiger partial charge on any atom is -0.395 e. The fourth-order valence-electron chi connectivity index (χ4n) is 1.26. The Bertz CT molecular complexity index is 166. The second-order valence-electron chi connectivity index (χ2n) is 5.24. The summed E-state index contributed by atoms with van der Waals surface area (Å²) in [4.78, 5) is 0. The molecule has 0 amide bonds. The molecule has 0 aliphatic rings. The van der Waals surface area contributed by atoms with Gasteiger partial charge in [-0.2, -0.15) is 0 Å². The first-order chi connectivity index (χ1) is 7.35. The third kappa shape index (κ3) is 10.4. The van der Waals surface area contributed by atoms with Crippen LogP contribution in [-0.4, -0.2) is 49.2 Å². The van der Waals surface area contributed by atoms with Gasteiger partial charge in [0.15, 0.2) is 0 Å². The maximum absolute atomic E-state index is 9.09. The lowest BCUT2D eigenvalue weighted by molar-refractivity contribution is -0.0391. The number of ether oxygens (including phenoxy) is 2. The molecule has 0 saturated heterocycles. The summed E-state index contributed by atoms with van der Waals surface area (Å²) in [5, 5.41) is 12.3. The lowest BCUT2D eigenvalue weighted by Gasteiger charge is -2.21. The van der Waals surface area contributed by atoms with Crippen LogP contribution in [0, 0.1) is 0 Å². The number of nitrogens with one attached hydrogen (secondary N) is 1. The van der Waals surface area contributed by atoms with Gasteiger partial charge in [0.2, 0.25) is 0 Å². The van der Waals surface area contributed by atoms with Crippen LogP contribution in [-0.2, 0) is 9.47 Å². The Morgan fingerprint density at radius 3 is 2.25 bits per heavy atom. The van der Waals surface area contributed by atoms with Gasteiger partial charge in [0.1, 0.15) is 0 Å². The topological polar surface area (TPSA) is 50.7 Å². The summed E-state index contributed by atoms with van der Waals surface area (Å²) >= 11 is 0. The van der Waals surface area contributed by atoms with Crippen LogP contribution < -0.4 is 5.32 Å². The van der Waals surface area contributed by atoms with E-state index in [2.05, 4.69) is 5.32 Å². The van der Waals surface area contributed by atoms with E-state index in [4.69, 9.17) is 14.6 Å². The third-order valence-electron chi connectivity index (χ3n) is 1.87. The van der Waals surface area contributed by atoms with Gasteiger partial charge in [-0.15, -0.1) is 0 Å². The summed E-state index contributed by atoms with van der Waals surface area (Å²) in [6, 6.07) is 0.362. The van der Waals surface area contributed by atoms with Crippen molar-refractivity contribution in [3.63, 3.8) is 0 Å². The van der Waals surface area contributed by atoms with Gasteiger partial charge >= 0.3 is 0 Å². The predicted molar refractivity (Wildman–Crippen MR) is 65.7 cm³/mol. The molecular formula is C12H27NO3. The van der Waals surface area contributed by atoms with Crippen molar-refractivity contribution in [2.24, 2.45) is 0 Å². The minimum absolute atomic E-state index is 0.00892. The molecule has 0 radical (unpaired) electrons. The highest BCUT2D eigenvalue weighted by molar-refractivity contribution is 4.67. The summed E-state index contributed by atoms with van der Waals surface area (Å²) in [6.07, 6.45) is 0. The minimum atomic E-state index is -0.115. The van der Waals surface area contributed by atoms with E-state index >= 15 is 0 Å². The van der Waals surface area contributed by atoms with Crippen LogP contribution in [0.4, 0.5) is 0 Å². The van der Waals surface area contributed by atoms with Crippen molar-refractivity contribution in [3.05, 3.63) is 0 Å². The summed E-state index contributed by atoms with van der Waals surface area (Å²) in [7, 11) is 0. The molecule has 0 bridgehead atoms. The maximum Gasteiger partial charge on any atom is 0.0707 e. The molecule has 4 heteroatoms. The van der Waals surface area contributed by atoms with Crippen LogP contribution in [0.5, 0.6) is 0 Å². The Morgan fingerprint density at radius 1 is 1.19 bits per heavy atom. The van der Waals surface area contributed by atoms with Gasteiger partial charge in [-0.3, -0.25) is 0 Å². The Kier molecular flexibility index (Phi) is 7.93. The van der Waals surface area contributed by atoms with Gasteiger partial charge in [0, 0.05) is 6.04 Å². The van der Waals surface area contributed by atoms with Crippen LogP contribution in [0.15, 0.2) is 0 Å². The van der Waals surface area contributed by atoms with Crippen molar-refractivity contribution in [2.45, 2.75) is 52.3 Å². The largest absolute Gasteiger partial charge is 0.395 e. The highest BCUT2D eigenvalue weighted by Crippen LogP contribution is 2.05. The molecule has 0 saturated carbocycles. The molecule has 0 aliphatic heterocycles. The van der Waals surface area contributed by atoms with Crippen molar-refractivity contribution >= 4 is 0 Å². The molecule has 98 valence electrons. The molecule has 0 fully saturated rings. The zero-order chi connectivity index (χ0) is 12.6. The molecule has 0 spiro atoms. The van der Waals surface area contributed by atoms with E-state index < -0.39 is 0 Å². The van der Waals surface area contributed by atoms with Crippen molar-refractivity contribution in [3.8, 4) is 0 Å². The number of aliphatic hydroxyl groups excluding tert-OH is 1. The first kappa shape index (κ1) is 15.8. The summed E-state index contributed by atoms with van der Waals surface area (Å²) in [5.41, 5.74) is -0.115. The SMILES string of the molecule is CC(C)NC(CO)COCCOC(C)(C)C. The van der Waals surface area contributed by atoms with Crippen molar-refractivity contribution in [1.29, 1.82) is 0 Å². The molecule has 0 aromatic carbocycles. The molecule has 2 N–H and O–H groups in total. The van der Waals surface area contributed by atoms with Gasteiger partial charge < -0.3 is 19.9 Å². The van der Waals surface area contributed by atoms with Gasteiger partial charge in [0.05, 0.1) is 38.1 Å². The second-order valence-corrected chi connectivity index (χ2v) is 5.24. The van der Waals surface area contributed by atoms with E-state index in [-0.39, 0.29) is 18.2 Å².